The number of hydrazone groups is 1. The van der Waals surface area contributed by atoms with Gasteiger partial charge in [-0.05, 0) is 31.5 Å². The van der Waals surface area contributed by atoms with Crippen LogP contribution in [-0.4, -0.2) is 28.8 Å². The van der Waals surface area contributed by atoms with Crippen molar-refractivity contribution in [3.05, 3.63) is 35.4 Å². The van der Waals surface area contributed by atoms with Gasteiger partial charge in [0.15, 0.2) is 0 Å². The Morgan fingerprint density at radius 2 is 2.05 bits per heavy atom. The van der Waals surface area contributed by atoms with Crippen molar-refractivity contribution in [2.24, 2.45) is 5.10 Å². The van der Waals surface area contributed by atoms with E-state index in [0.29, 0.717) is 11.3 Å². The van der Waals surface area contributed by atoms with Gasteiger partial charge in [0.05, 0.1) is 17.4 Å². The van der Waals surface area contributed by atoms with Gasteiger partial charge in [-0.1, -0.05) is 23.9 Å². The van der Waals surface area contributed by atoms with Crippen molar-refractivity contribution in [3.8, 4) is 0 Å². The largest absolute Gasteiger partial charge is 0.459 e. The molecular weight excluding hydrogens is 264 g/mol. The van der Waals surface area contributed by atoms with Crippen molar-refractivity contribution in [2.75, 3.05) is 5.75 Å². The standard InChI is InChI=1S/C13H14N2O3S/c1-8(2)18-12(16)10-5-3-9(4-6-10)11-7-19-13(17)15-14-11/h3-6,8H,7H2,1-2H3,(H,15,17). The zero-order valence-corrected chi connectivity index (χ0v) is 11.5. The van der Waals surface area contributed by atoms with Crippen LogP contribution in [0.25, 0.3) is 0 Å². The Kier molecular flexibility index (Phi) is 4.21. The second-order valence-corrected chi connectivity index (χ2v) is 5.23. The fourth-order valence-corrected chi connectivity index (χ4v) is 2.15. The molecule has 0 bridgehead atoms. The summed E-state index contributed by atoms with van der Waals surface area (Å²) in [6.07, 6.45) is -0.137. The monoisotopic (exact) mass is 278 g/mol. The number of hydrogen-bond donors (Lipinski definition) is 1. The molecule has 1 aromatic rings. The first-order valence-corrected chi connectivity index (χ1v) is 6.85. The summed E-state index contributed by atoms with van der Waals surface area (Å²) in [5.41, 5.74) is 4.59. The van der Waals surface area contributed by atoms with E-state index in [2.05, 4.69) is 10.5 Å². The zero-order valence-electron chi connectivity index (χ0n) is 10.7. The molecule has 100 valence electrons. The molecule has 1 amide bonds. The summed E-state index contributed by atoms with van der Waals surface area (Å²) < 4.78 is 5.11. The minimum atomic E-state index is -0.338. The van der Waals surface area contributed by atoms with E-state index in [0.717, 1.165) is 11.3 Å². The van der Waals surface area contributed by atoms with Gasteiger partial charge in [0.25, 0.3) is 5.24 Å². The Hall–Kier alpha value is -1.82. The van der Waals surface area contributed by atoms with E-state index in [1.54, 1.807) is 24.3 Å². The number of rotatable bonds is 3. The quantitative estimate of drug-likeness (QED) is 0.862. The lowest BCUT2D eigenvalue weighted by Gasteiger charge is -2.12. The fraction of sp³-hybridized carbons (Fsp3) is 0.308. The van der Waals surface area contributed by atoms with Gasteiger partial charge in [0, 0.05) is 5.75 Å². The van der Waals surface area contributed by atoms with Gasteiger partial charge in [-0.2, -0.15) is 5.10 Å². The number of nitrogens with one attached hydrogen (secondary N) is 1. The molecule has 0 atom stereocenters. The molecule has 1 aliphatic rings. The maximum Gasteiger partial charge on any atom is 0.338 e. The lowest BCUT2D eigenvalue weighted by Crippen LogP contribution is -2.23. The topological polar surface area (TPSA) is 67.8 Å². The third-order valence-electron chi connectivity index (χ3n) is 2.42. The van der Waals surface area contributed by atoms with E-state index in [-0.39, 0.29) is 17.3 Å². The summed E-state index contributed by atoms with van der Waals surface area (Å²) in [6.45, 7) is 3.62. The Balaban J connectivity index is 2.10. The Labute approximate surface area is 115 Å². The minimum Gasteiger partial charge on any atom is -0.459 e. The minimum absolute atomic E-state index is 0.137. The van der Waals surface area contributed by atoms with Crippen LogP contribution in [0, 0.1) is 0 Å². The predicted molar refractivity (Wildman–Crippen MR) is 74.5 cm³/mol. The first kappa shape index (κ1) is 13.6. The van der Waals surface area contributed by atoms with Gasteiger partial charge in [-0.15, -0.1) is 0 Å². The average Bonchev–Trinajstić information content (AvgIpc) is 2.39. The molecule has 1 N–H and O–H groups in total. The van der Waals surface area contributed by atoms with Crippen LogP contribution in [-0.2, 0) is 4.74 Å². The van der Waals surface area contributed by atoms with Crippen LogP contribution in [0.1, 0.15) is 29.8 Å². The fourth-order valence-electron chi connectivity index (χ4n) is 1.54. The van der Waals surface area contributed by atoms with Gasteiger partial charge < -0.3 is 4.74 Å². The molecule has 19 heavy (non-hydrogen) atoms. The SMILES string of the molecule is CC(C)OC(=O)c1ccc(C2=NNC(=O)SC2)cc1. The molecule has 2 rings (SSSR count). The smallest absolute Gasteiger partial charge is 0.338 e. The summed E-state index contributed by atoms with van der Waals surface area (Å²) in [4.78, 5) is 22.6. The van der Waals surface area contributed by atoms with Crippen LogP contribution >= 0.6 is 11.8 Å². The maximum atomic E-state index is 11.7. The third kappa shape index (κ3) is 3.57. The van der Waals surface area contributed by atoms with Crippen LogP contribution in [0.2, 0.25) is 0 Å². The molecule has 1 aromatic carbocycles. The highest BCUT2D eigenvalue weighted by Crippen LogP contribution is 2.14. The molecule has 1 heterocycles. The zero-order chi connectivity index (χ0) is 13.8. The van der Waals surface area contributed by atoms with Crippen molar-refractivity contribution < 1.29 is 14.3 Å². The van der Waals surface area contributed by atoms with Crippen molar-refractivity contribution in [1.82, 2.24) is 5.43 Å². The normalized spacial score (nSPS) is 14.9. The highest BCUT2D eigenvalue weighted by molar-refractivity contribution is 8.14. The summed E-state index contributed by atoms with van der Waals surface area (Å²) >= 11 is 1.17. The van der Waals surface area contributed by atoms with Gasteiger partial charge in [0.1, 0.15) is 0 Å². The summed E-state index contributed by atoms with van der Waals surface area (Å²) in [7, 11) is 0. The first-order valence-electron chi connectivity index (χ1n) is 5.87. The van der Waals surface area contributed by atoms with E-state index in [4.69, 9.17) is 4.74 Å². The summed E-state index contributed by atoms with van der Waals surface area (Å²) in [5.74, 6) is 0.191. The molecule has 5 nitrogen and oxygen atoms in total. The molecule has 0 saturated carbocycles. The van der Waals surface area contributed by atoms with Gasteiger partial charge >= 0.3 is 5.97 Å². The van der Waals surface area contributed by atoms with Gasteiger partial charge in [0.2, 0.25) is 0 Å². The second-order valence-electron chi connectivity index (χ2n) is 4.28. The third-order valence-corrected chi connectivity index (χ3v) is 3.19. The molecule has 0 saturated heterocycles. The summed E-state index contributed by atoms with van der Waals surface area (Å²) in [6, 6.07) is 6.99. The maximum absolute atomic E-state index is 11.7. The summed E-state index contributed by atoms with van der Waals surface area (Å²) in [5, 5.41) is 3.83. The van der Waals surface area contributed by atoms with Gasteiger partial charge in [-0.25, -0.2) is 10.2 Å². The molecule has 0 fully saturated rings. The number of hydrogen-bond acceptors (Lipinski definition) is 5. The number of amides is 1. The average molecular weight is 278 g/mol. The number of benzene rings is 1. The molecule has 6 heteroatoms. The van der Waals surface area contributed by atoms with Crippen molar-refractivity contribution in [3.63, 3.8) is 0 Å². The van der Waals surface area contributed by atoms with Crippen molar-refractivity contribution in [2.45, 2.75) is 20.0 Å². The number of carbonyl (C=O) groups excluding carboxylic acids is 2. The highest BCUT2D eigenvalue weighted by Gasteiger charge is 2.15. The van der Waals surface area contributed by atoms with E-state index in [1.807, 2.05) is 13.8 Å². The number of ether oxygens (including phenoxy) is 1. The Morgan fingerprint density at radius 1 is 1.37 bits per heavy atom. The second kappa shape index (κ2) is 5.88. The van der Waals surface area contributed by atoms with Crippen LogP contribution in [0.5, 0.6) is 0 Å². The number of esters is 1. The Bertz CT molecular complexity index is 523. The predicted octanol–water partition coefficient (Wildman–Crippen LogP) is 2.41. The van der Waals surface area contributed by atoms with Crippen LogP contribution < -0.4 is 5.43 Å². The molecular formula is C13H14N2O3S. The van der Waals surface area contributed by atoms with Crippen LogP contribution in [0.4, 0.5) is 4.79 Å². The Morgan fingerprint density at radius 3 is 2.58 bits per heavy atom. The number of carbonyl (C=O) groups is 2. The lowest BCUT2D eigenvalue weighted by atomic mass is 10.1. The lowest BCUT2D eigenvalue weighted by molar-refractivity contribution is 0.0378. The highest BCUT2D eigenvalue weighted by atomic mass is 32.2. The van der Waals surface area contributed by atoms with E-state index < -0.39 is 0 Å². The van der Waals surface area contributed by atoms with E-state index in [9.17, 15) is 9.59 Å². The molecule has 1 aliphatic heterocycles. The van der Waals surface area contributed by atoms with Gasteiger partial charge in [-0.3, -0.25) is 4.79 Å². The van der Waals surface area contributed by atoms with E-state index in [1.165, 1.54) is 11.8 Å². The van der Waals surface area contributed by atoms with Crippen molar-refractivity contribution >= 4 is 28.7 Å². The molecule has 0 aliphatic carbocycles. The molecule has 0 unspecified atom stereocenters. The number of nitrogens with zero attached hydrogens (tertiary/aromatic N) is 1. The van der Waals surface area contributed by atoms with E-state index >= 15 is 0 Å². The first-order chi connectivity index (χ1) is 9.06. The molecule has 0 aromatic heterocycles. The number of thioether (sulfide) groups is 1. The van der Waals surface area contributed by atoms with Crippen molar-refractivity contribution in [1.29, 1.82) is 0 Å². The van der Waals surface area contributed by atoms with Crippen LogP contribution in [0.3, 0.4) is 0 Å². The molecule has 0 spiro atoms. The van der Waals surface area contributed by atoms with Crippen LogP contribution in [0.15, 0.2) is 29.4 Å². The molecule has 0 radical (unpaired) electrons.